The summed E-state index contributed by atoms with van der Waals surface area (Å²) >= 11 is 0. The number of aliphatic hydroxyl groups is 2. The third kappa shape index (κ3) is 2.98. The van der Waals surface area contributed by atoms with Gasteiger partial charge in [-0.2, -0.15) is 0 Å². The van der Waals surface area contributed by atoms with Gasteiger partial charge in [0, 0.05) is 5.41 Å². The van der Waals surface area contributed by atoms with E-state index in [4.69, 9.17) is 0 Å². The number of hydrogen-bond acceptors (Lipinski definition) is 3. The molecule has 0 aromatic heterocycles. The maximum atomic E-state index is 13.4. The van der Waals surface area contributed by atoms with Crippen LogP contribution in [0.15, 0.2) is 48.5 Å². The van der Waals surface area contributed by atoms with Gasteiger partial charge in [-0.05, 0) is 41.8 Å². The molecule has 20 heavy (non-hydrogen) atoms. The van der Waals surface area contributed by atoms with Crippen LogP contribution in [0.5, 0.6) is 5.75 Å². The first kappa shape index (κ1) is 14.5. The molecule has 0 aliphatic rings. The SMILES string of the molecule is OCC(CO)(Cc1cccc(O)c1)c1cccc(F)c1. The molecule has 4 heteroatoms. The average molecular weight is 276 g/mol. The van der Waals surface area contributed by atoms with Gasteiger partial charge in [-0.3, -0.25) is 0 Å². The summed E-state index contributed by atoms with van der Waals surface area (Å²) in [4.78, 5) is 0. The van der Waals surface area contributed by atoms with E-state index in [0.717, 1.165) is 5.56 Å². The summed E-state index contributed by atoms with van der Waals surface area (Å²) in [7, 11) is 0. The molecule has 0 unspecified atom stereocenters. The molecule has 0 spiro atoms. The number of phenols is 1. The summed E-state index contributed by atoms with van der Waals surface area (Å²) in [5.74, 6) is -0.295. The highest BCUT2D eigenvalue weighted by atomic mass is 19.1. The van der Waals surface area contributed by atoms with Gasteiger partial charge in [-0.15, -0.1) is 0 Å². The molecule has 0 amide bonds. The number of aromatic hydroxyl groups is 1. The van der Waals surface area contributed by atoms with Crippen LogP contribution >= 0.6 is 0 Å². The minimum absolute atomic E-state index is 0.117. The molecule has 0 radical (unpaired) electrons. The van der Waals surface area contributed by atoms with Crippen LogP contribution in [0, 0.1) is 5.82 Å². The number of phenolic OH excluding ortho intramolecular Hbond substituents is 1. The number of benzene rings is 2. The summed E-state index contributed by atoms with van der Waals surface area (Å²) in [5.41, 5.74) is 0.318. The van der Waals surface area contributed by atoms with Crippen molar-refractivity contribution in [2.75, 3.05) is 13.2 Å². The van der Waals surface area contributed by atoms with E-state index in [0.29, 0.717) is 12.0 Å². The monoisotopic (exact) mass is 276 g/mol. The second kappa shape index (κ2) is 6.03. The third-order valence-electron chi connectivity index (χ3n) is 3.50. The van der Waals surface area contributed by atoms with E-state index < -0.39 is 11.2 Å². The number of aliphatic hydroxyl groups excluding tert-OH is 2. The predicted molar refractivity (Wildman–Crippen MR) is 74.1 cm³/mol. The molecule has 0 bridgehead atoms. The molecule has 106 valence electrons. The topological polar surface area (TPSA) is 60.7 Å². The summed E-state index contributed by atoms with van der Waals surface area (Å²) < 4.78 is 13.4. The number of rotatable bonds is 5. The Morgan fingerprint density at radius 1 is 0.950 bits per heavy atom. The van der Waals surface area contributed by atoms with Crippen LogP contribution in [-0.2, 0) is 11.8 Å². The molecule has 0 saturated heterocycles. The van der Waals surface area contributed by atoms with Gasteiger partial charge in [0.2, 0.25) is 0 Å². The number of halogens is 1. The van der Waals surface area contributed by atoms with Crippen LogP contribution in [0.25, 0.3) is 0 Å². The van der Waals surface area contributed by atoms with Crippen molar-refractivity contribution >= 4 is 0 Å². The van der Waals surface area contributed by atoms with E-state index in [2.05, 4.69) is 0 Å². The first-order valence-corrected chi connectivity index (χ1v) is 6.35. The van der Waals surface area contributed by atoms with Crippen molar-refractivity contribution in [1.82, 2.24) is 0 Å². The molecule has 0 saturated carbocycles. The highest BCUT2D eigenvalue weighted by Gasteiger charge is 2.31. The molecule has 0 atom stereocenters. The lowest BCUT2D eigenvalue weighted by Crippen LogP contribution is -2.37. The second-order valence-electron chi connectivity index (χ2n) is 4.95. The van der Waals surface area contributed by atoms with Gasteiger partial charge < -0.3 is 15.3 Å². The van der Waals surface area contributed by atoms with Gasteiger partial charge in [0.05, 0.1) is 13.2 Å². The van der Waals surface area contributed by atoms with Crippen LogP contribution in [0.3, 0.4) is 0 Å². The average Bonchev–Trinajstić information content (AvgIpc) is 2.45. The standard InChI is InChI=1S/C16H17FO3/c17-14-5-2-4-13(8-14)16(10-18,11-19)9-12-3-1-6-15(20)7-12/h1-8,18-20H,9-11H2. The Balaban J connectivity index is 2.39. The Labute approximate surface area is 116 Å². The smallest absolute Gasteiger partial charge is 0.123 e. The molecule has 3 N–H and O–H groups in total. The van der Waals surface area contributed by atoms with E-state index >= 15 is 0 Å². The molecule has 2 aromatic carbocycles. The highest BCUT2D eigenvalue weighted by Crippen LogP contribution is 2.29. The van der Waals surface area contributed by atoms with E-state index in [1.165, 1.54) is 12.1 Å². The lowest BCUT2D eigenvalue weighted by Gasteiger charge is -2.30. The van der Waals surface area contributed by atoms with Gasteiger partial charge in [0.25, 0.3) is 0 Å². The Morgan fingerprint density at radius 3 is 2.25 bits per heavy atom. The molecule has 0 heterocycles. The van der Waals surface area contributed by atoms with Crippen molar-refractivity contribution in [2.24, 2.45) is 0 Å². The minimum Gasteiger partial charge on any atom is -0.508 e. The van der Waals surface area contributed by atoms with Crippen molar-refractivity contribution in [3.8, 4) is 5.75 Å². The summed E-state index contributed by atoms with van der Waals surface area (Å²) in [5, 5.41) is 28.9. The highest BCUT2D eigenvalue weighted by molar-refractivity contribution is 5.33. The first-order valence-electron chi connectivity index (χ1n) is 6.35. The maximum absolute atomic E-state index is 13.4. The lowest BCUT2D eigenvalue weighted by molar-refractivity contribution is 0.116. The molecule has 2 aromatic rings. The molecule has 0 aliphatic heterocycles. The van der Waals surface area contributed by atoms with Gasteiger partial charge in [0.1, 0.15) is 11.6 Å². The quantitative estimate of drug-likeness (QED) is 0.782. The number of hydrogen-bond donors (Lipinski definition) is 3. The maximum Gasteiger partial charge on any atom is 0.123 e. The van der Waals surface area contributed by atoms with E-state index in [1.807, 2.05) is 0 Å². The Bertz CT molecular complexity index is 579. The third-order valence-corrected chi connectivity index (χ3v) is 3.50. The zero-order chi connectivity index (χ0) is 14.6. The molecule has 3 nitrogen and oxygen atoms in total. The molecular weight excluding hydrogens is 259 g/mol. The van der Waals surface area contributed by atoms with Crippen LogP contribution in [0.1, 0.15) is 11.1 Å². The van der Waals surface area contributed by atoms with Crippen molar-refractivity contribution in [2.45, 2.75) is 11.8 Å². The zero-order valence-electron chi connectivity index (χ0n) is 11.0. The molecular formula is C16H17FO3. The lowest BCUT2D eigenvalue weighted by atomic mass is 9.77. The fraction of sp³-hybridized carbons (Fsp3) is 0.250. The van der Waals surface area contributed by atoms with Gasteiger partial charge in [-0.1, -0.05) is 24.3 Å². The molecule has 0 aliphatic carbocycles. The van der Waals surface area contributed by atoms with E-state index in [9.17, 15) is 19.7 Å². The minimum atomic E-state index is -0.976. The van der Waals surface area contributed by atoms with Crippen LogP contribution in [-0.4, -0.2) is 28.5 Å². The van der Waals surface area contributed by atoms with Crippen LogP contribution in [0.4, 0.5) is 4.39 Å². The summed E-state index contributed by atoms with van der Waals surface area (Å²) in [6, 6.07) is 12.5. The molecule has 0 fully saturated rings. The van der Waals surface area contributed by atoms with Crippen molar-refractivity contribution in [3.63, 3.8) is 0 Å². The fourth-order valence-electron chi connectivity index (χ4n) is 2.32. The fourth-order valence-corrected chi connectivity index (χ4v) is 2.32. The Morgan fingerprint density at radius 2 is 1.65 bits per heavy atom. The summed E-state index contributed by atoms with van der Waals surface area (Å²) in [6.07, 6.45) is 0.303. The van der Waals surface area contributed by atoms with Crippen LogP contribution in [0.2, 0.25) is 0 Å². The van der Waals surface area contributed by atoms with Gasteiger partial charge in [-0.25, -0.2) is 4.39 Å². The summed E-state index contributed by atoms with van der Waals surface area (Å²) in [6.45, 7) is -0.634. The Hall–Kier alpha value is -1.91. The van der Waals surface area contributed by atoms with Gasteiger partial charge in [0.15, 0.2) is 0 Å². The normalized spacial score (nSPS) is 11.6. The first-order chi connectivity index (χ1) is 9.59. The van der Waals surface area contributed by atoms with Crippen LogP contribution < -0.4 is 0 Å². The van der Waals surface area contributed by atoms with Gasteiger partial charge >= 0.3 is 0 Å². The zero-order valence-corrected chi connectivity index (χ0v) is 11.0. The van der Waals surface area contributed by atoms with E-state index in [1.54, 1.807) is 36.4 Å². The predicted octanol–water partition coefficient (Wildman–Crippen LogP) is 2.00. The van der Waals surface area contributed by atoms with Crippen molar-refractivity contribution < 1.29 is 19.7 Å². The van der Waals surface area contributed by atoms with Crippen molar-refractivity contribution in [3.05, 3.63) is 65.5 Å². The van der Waals surface area contributed by atoms with Crippen molar-refractivity contribution in [1.29, 1.82) is 0 Å². The molecule has 2 rings (SSSR count). The van der Waals surface area contributed by atoms with E-state index in [-0.39, 0.29) is 19.0 Å². The largest absolute Gasteiger partial charge is 0.508 e. The Kier molecular flexibility index (Phi) is 4.37. The second-order valence-corrected chi connectivity index (χ2v) is 4.95.